The van der Waals surface area contributed by atoms with Crippen LogP contribution in [0, 0.1) is 5.92 Å². The minimum Gasteiger partial charge on any atom is -0.355 e. The molecule has 96 valence electrons. The van der Waals surface area contributed by atoms with Crippen LogP contribution in [0.5, 0.6) is 0 Å². The number of halogens is 1. The highest BCUT2D eigenvalue weighted by molar-refractivity contribution is 6.28. The number of anilines is 1. The fourth-order valence-corrected chi connectivity index (χ4v) is 1.71. The molecule has 5 heteroatoms. The minimum atomic E-state index is 0.307. The normalized spacial score (nSPS) is 11.2. The smallest absolute Gasteiger partial charge is 0.224 e. The molecule has 1 rings (SSSR count). The first kappa shape index (κ1) is 14.2. The van der Waals surface area contributed by atoms with Crippen LogP contribution in [0.2, 0.25) is 5.28 Å². The molecule has 0 unspecified atom stereocenters. The van der Waals surface area contributed by atoms with Gasteiger partial charge < -0.3 is 9.80 Å². The number of hydrogen-bond donors (Lipinski definition) is 0. The molecule has 0 aliphatic carbocycles. The topological polar surface area (TPSA) is 32.3 Å². The summed E-state index contributed by atoms with van der Waals surface area (Å²) in [5.41, 5.74) is 0. The van der Waals surface area contributed by atoms with Crippen molar-refractivity contribution < 1.29 is 0 Å². The molecule has 0 bridgehead atoms. The van der Waals surface area contributed by atoms with E-state index < -0.39 is 0 Å². The molecule has 0 atom stereocenters. The molecule has 0 radical (unpaired) electrons. The van der Waals surface area contributed by atoms with E-state index in [4.69, 9.17) is 11.6 Å². The lowest BCUT2D eigenvalue weighted by molar-refractivity contribution is 0.408. The molecule has 0 spiro atoms. The molecule has 0 saturated carbocycles. The first-order valence-electron chi connectivity index (χ1n) is 5.87. The Bertz CT molecular complexity index is 341. The van der Waals surface area contributed by atoms with Crippen LogP contribution in [-0.2, 0) is 0 Å². The van der Waals surface area contributed by atoms with Crippen molar-refractivity contribution >= 4 is 17.4 Å². The van der Waals surface area contributed by atoms with E-state index in [2.05, 4.69) is 47.7 Å². The lowest BCUT2D eigenvalue weighted by atomic mass is 10.2. The van der Waals surface area contributed by atoms with Crippen LogP contribution < -0.4 is 4.90 Å². The fourth-order valence-electron chi connectivity index (χ4n) is 1.56. The zero-order valence-electron chi connectivity index (χ0n) is 11.0. The van der Waals surface area contributed by atoms with E-state index in [-0.39, 0.29) is 0 Å². The van der Waals surface area contributed by atoms with Crippen molar-refractivity contribution in [2.75, 3.05) is 38.6 Å². The fraction of sp³-hybridized carbons (Fsp3) is 0.667. The van der Waals surface area contributed by atoms with Crippen LogP contribution in [0.15, 0.2) is 12.3 Å². The molecule has 1 heterocycles. The number of likely N-dealkylation sites (N-methyl/N-ethyl adjacent to an activating group) is 1. The van der Waals surface area contributed by atoms with Gasteiger partial charge in [0.2, 0.25) is 5.28 Å². The van der Waals surface area contributed by atoms with Gasteiger partial charge in [-0.3, -0.25) is 0 Å². The largest absolute Gasteiger partial charge is 0.355 e. The molecular weight excluding hydrogens is 236 g/mol. The van der Waals surface area contributed by atoms with Crippen molar-refractivity contribution in [2.45, 2.75) is 13.8 Å². The molecule has 1 aromatic rings. The molecule has 0 aliphatic rings. The van der Waals surface area contributed by atoms with E-state index in [0.717, 1.165) is 25.5 Å². The molecule has 1 aromatic heterocycles. The van der Waals surface area contributed by atoms with Crippen LogP contribution in [0.1, 0.15) is 13.8 Å². The average molecular weight is 257 g/mol. The average Bonchev–Trinajstić information content (AvgIpc) is 2.23. The second-order valence-electron chi connectivity index (χ2n) is 4.83. The molecular formula is C12H21ClN4. The Balaban J connectivity index is 2.74. The number of aromatic nitrogens is 2. The molecule has 0 amide bonds. The summed E-state index contributed by atoms with van der Waals surface area (Å²) in [7, 11) is 4.14. The Morgan fingerprint density at radius 1 is 1.29 bits per heavy atom. The second-order valence-corrected chi connectivity index (χ2v) is 5.17. The van der Waals surface area contributed by atoms with Crippen LogP contribution in [0.3, 0.4) is 0 Å². The quantitative estimate of drug-likeness (QED) is 0.730. The Morgan fingerprint density at radius 3 is 2.53 bits per heavy atom. The van der Waals surface area contributed by atoms with Gasteiger partial charge in [0.15, 0.2) is 0 Å². The maximum absolute atomic E-state index is 5.83. The van der Waals surface area contributed by atoms with E-state index in [1.54, 1.807) is 6.20 Å². The van der Waals surface area contributed by atoms with Gasteiger partial charge in [-0.15, -0.1) is 0 Å². The summed E-state index contributed by atoms with van der Waals surface area (Å²) >= 11 is 5.83. The zero-order valence-corrected chi connectivity index (χ0v) is 11.8. The van der Waals surface area contributed by atoms with E-state index >= 15 is 0 Å². The van der Waals surface area contributed by atoms with Crippen molar-refractivity contribution in [1.82, 2.24) is 14.9 Å². The van der Waals surface area contributed by atoms with E-state index in [0.29, 0.717) is 11.2 Å². The Hall–Kier alpha value is -0.870. The van der Waals surface area contributed by atoms with Gasteiger partial charge in [0.1, 0.15) is 5.82 Å². The van der Waals surface area contributed by atoms with Crippen molar-refractivity contribution in [3.05, 3.63) is 17.5 Å². The third-order valence-electron chi connectivity index (χ3n) is 2.34. The van der Waals surface area contributed by atoms with Gasteiger partial charge in [0.05, 0.1) is 0 Å². The SMILES string of the molecule is CC(C)CN(CCN(C)C)c1ccnc(Cl)n1. The minimum absolute atomic E-state index is 0.307. The first-order chi connectivity index (χ1) is 7.99. The van der Waals surface area contributed by atoms with Crippen molar-refractivity contribution in [3.63, 3.8) is 0 Å². The highest BCUT2D eigenvalue weighted by Crippen LogP contribution is 2.14. The maximum Gasteiger partial charge on any atom is 0.224 e. The zero-order chi connectivity index (χ0) is 12.8. The van der Waals surface area contributed by atoms with Crippen LogP contribution in [0.25, 0.3) is 0 Å². The van der Waals surface area contributed by atoms with Gasteiger partial charge in [-0.25, -0.2) is 9.97 Å². The van der Waals surface area contributed by atoms with Gasteiger partial charge in [-0.05, 0) is 37.7 Å². The van der Waals surface area contributed by atoms with Crippen LogP contribution in [-0.4, -0.2) is 48.6 Å². The standard InChI is InChI=1S/C12H21ClN4/c1-10(2)9-17(8-7-16(3)4)11-5-6-14-12(13)15-11/h5-6,10H,7-9H2,1-4H3. The summed E-state index contributed by atoms with van der Waals surface area (Å²) in [6, 6.07) is 1.91. The molecule has 0 fully saturated rings. The van der Waals surface area contributed by atoms with Crippen molar-refractivity contribution in [3.8, 4) is 0 Å². The molecule has 0 aliphatic heterocycles. The van der Waals surface area contributed by atoms with Gasteiger partial charge in [-0.2, -0.15) is 0 Å². The van der Waals surface area contributed by atoms with E-state index in [9.17, 15) is 0 Å². The Kier molecular flexibility index (Phi) is 5.65. The Morgan fingerprint density at radius 2 is 2.00 bits per heavy atom. The summed E-state index contributed by atoms with van der Waals surface area (Å²) in [5, 5.41) is 0.307. The van der Waals surface area contributed by atoms with Gasteiger partial charge in [-0.1, -0.05) is 13.8 Å². The number of nitrogens with zero attached hydrogens (tertiary/aromatic N) is 4. The molecule has 0 aromatic carbocycles. The molecule has 4 nitrogen and oxygen atoms in total. The third kappa shape index (κ3) is 5.33. The van der Waals surface area contributed by atoms with Crippen molar-refractivity contribution in [1.29, 1.82) is 0 Å². The van der Waals surface area contributed by atoms with Crippen LogP contribution >= 0.6 is 11.6 Å². The van der Waals surface area contributed by atoms with Gasteiger partial charge in [0, 0.05) is 25.8 Å². The maximum atomic E-state index is 5.83. The predicted octanol–water partition coefficient (Wildman–Crippen LogP) is 2.15. The lowest BCUT2D eigenvalue weighted by Gasteiger charge is -2.26. The van der Waals surface area contributed by atoms with Gasteiger partial charge in [0.25, 0.3) is 0 Å². The number of rotatable bonds is 6. The summed E-state index contributed by atoms with van der Waals surface area (Å²) in [6.07, 6.45) is 1.70. The summed E-state index contributed by atoms with van der Waals surface area (Å²) in [4.78, 5) is 12.6. The first-order valence-corrected chi connectivity index (χ1v) is 6.25. The number of hydrogen-bond acceptors (Lipinski definition) is 4. The van der Waals surface area contributed by atoms with E-state index in [1.165, 1.54) is 0 Å². The summed E-state index contributed by atoms with van der Waals surface area (Å²) < 4.78 is 0. The molecule has 0 saturated heterocycles. The summed E-state index contributed by atoms with van der Waals surface area (Å²) in [5.74, 6) is 1.49. The van der Waals surface area contributed by atoms with Crippen LogP contribution in [0.4, 0.5) is 5.82 Å². The highest BCUT2D eigenvalue weighted by Gasteiger charge is 2.10. The van der Waals surface area contributed by atoms with Gasteiger partial charge >= 0.3 is 0 Å². The predicted molar refractivity (Wildman–Crippen MR) is 72.6 cm³/mol. The summed E-state index contributed by atoms with van der Waals surface area (Å²) in [6.45, 7) is 7.31. The molecule has 0 N–H and O–H groups in total. The second kappa shape index (κ2) is 6.77. The third-order valence-corrected chi connectivity index (χ3v) is 2.52. The Labute approximate surface area is 109 Å². The van der Waals surface area contributed by atoms with Crippen molar-refractivity contribution in [2.24, 2.45) is 5.92 Å². The monoisotopic (exact) mass is 256 g/mol. The lowest BCUT2D eigenvalue weighted by Crippen LogP contribution is -2.35. The highest BCUT2D eigenvalue weighted by atomic mass is 35.5. The molecule has 17 heavy (non-hydrogen) atoms. The van der Waals surface area contributed by atoms with E-state index in [1.807, 2.05) is 6.07 Å².